The minimum Gasteiger partial charge on any atom is -0.215 e. The van der Waals surface area contributed by atoms with Crippen LogP contribution >= 0.6 is 0 Å². The number of hydrogen-bond donors (Lipinski definition) is 1. The van der Waals surface area contributed by atoms with Crippen LogP contribution in [0.5, 0.6) is 0 Å². The molecule has 1 heterocycles. The van der Waals surface area contributed by atoms with Gasteiger partial charge in [-0.3, -0.25) is 0 Å². The van der Waals surface area contributed by atoms with Crippen LogP contribution in [0.3, 0.4) is 0 Å². The Labute approximate surface area is 93.7 Å². The van der Waals surface area contributed by atoms with Crippen molar-refractivity contribution in [2.45, 2.75) is 46.8 Å². The van der Waals surface area contributed by atoms with Gasteiger partial charge in [0, 0.05) is 6.54 Å². The molecule has 0 aromatic carbocycles. The van der Waals surface area contributed by atoms with E-state index in [2.05, 4.69) is 25.5 Å². The lowest BCUT2D eigenvalue weighted by molar-refractivity contribution is 0.187. The van der Waals surface area contributed by atoms with Gasteiger partial charge in [0.15, 0.2) is 0 Å². The largest absolute Gasteiger partial charge is 0.215 e. The Morgan fingerprint density at radius 2 is 1.47 bits per heavy atom. The Morgan fingerprint density at radius 3 is 1.73 bits per heavy atom. The molecule has 4 heteroatoms. The predicted molar refractivity (Wildman–Crippen MR) is 63.1 cm³/mol. The fourth-order valence-electron chi connectivity index (χ4n) is 2.45. The molecule has 90 valence electrons. The highest BCUT2D eigenvalue weighted by molar-refractivity contribution is 7.90. The minimum atomic E-state index is -3.13. The number of nitrogens with one attached hydrogen (secondary N) is 1. The summed E-state index contributed by atoms with van der Waals surface area (Å²) in [6.45, 7) is 12.9. The molecule has 1 N–H and O–H groups in total. The van der Waals surface area contributed by atoms with Crippen LogP contribution in [0.15, 0.2) is 0 Å². The van der Waals surface area contributed by atoms with Gasteiger partial charge in [0.25, 0.3) is 0 Å². The minimum absolute atomic E-state index is 0.0223. The maximum atomic E-state index is 12.0. The van der Waals surface area contributed by atoms with Crippen LogP contribution < -0.4 is 4.72 Å². The van der Waals surface area contributed by atoms with Crippen molar-refractivity contribution in [2.75, 3.05) is 6.54 Å². The van der Waals surface area contributed by atoms with Crippen LogP contribution in [0.2, 0.25) is 0 Å². The summed E-state index contributed by atoms with van der Waals surface area (Å²) in [4.78, 5) is 0. The summed E-state index contributed by atoms with van der Waals surface area (Å²) in [7, 11) is -3.13. The fraction of sp³-hybridized carbons (Fsp3) is 1.00. The third-order valence-corrected chi connectivity index (χ3v) is 5.44. The topological polar surface area (TPSA) is 46.2 Å². The Balaban J connectivity index is 3.15. The quantitative estimate of drug-likeness (QED) is 0.695. The molecule has 1 aliphatic heterocycles. The van der Waals surface area contributed by atoms with E-state index in [0.29, 0.717) is 6.54 Å². The maximum Gasteiger partial charge on any atom is 0.215 e. The molecule has 0 spiro atoms. The van der Waals surface area contributed by atoms with Crippen LogP contribution in [0.4, 0.5) is 0 Å². The maximum absolute atomic E-state index is 12.0. The Bertz CT molecular complexity index is 333. The van der Waals surface area contributed by atoms with Gasteiger partial charge in [-0.1, -0.05) is 41.5 Å². The molecular formula is C11H23NO2S. The monoisotopic (exact) mass is 233 g/mol. The standard InChI is InChI=1S/C11H23NO2S/c1-10(2,3)8-7-12-15(13,14)9(8)11(4,5)6/h8-9,12H,7H2,1-6H3. The van der Waals surface area contributed by atoms with Gasteiger partial charge in [-0.05, 0) is 16.7 Å². The Hall–Kier alpha value is -0.0900. The summed E-state index contributed by atoms with van der Waals surface area (Å²) < 4.78 is 26.6. The summed E-state index contributed by atoms with van der Waals surface area (Å²) in [6.07, 6.45) is 0. The molecule has 1 rings (SSSR count). The molecule has 0 aromatic rings. The zero-order valence-corrected chi connectivity index (χ0v) is 11.4. The molecule has 0 radical (unpaired) electrons. The van der Waals surface area contributed by atoms with Crippen molar-refractivity contribution in [3.8, 4) is 0 Å². The van der Waals surface area contributed by atoms with E-state index in [1.807, 2.05) is 20.8 Å². The van der Waals surface area contributed by atoms with E-state index < -0.39 is 10.0 Å². The van der Waals surface area contributed by atoms with Crippen LogP contribution in [-0.2, 0) is 10.0 Å². The average Bonchev–Trinajstić information content (AvgIpc) is 2.21. The van der Waals surface area contributed by atoms with E-state index in [1.165, 1.54) is 0 Å². The zero-order valence-electron chi connectivity index (χ0n) is 10.6. The van der Waals surface area contributed by atoms with Gasteiger partial charge >= 0.3 is 0 Å². The summed E-state index contributed by atoms with van der Waals surface area (Å²) in [6, 6.07) is 0. The summed E-state index contributed by atoms with van der Waals surface area (Å²) in [5, 5.41) is -0.287. The highest BCUT2D eigenvalue weighted by Crippen LogP contribution is 2.42. The summed E-state index contributed by atoms with van der Waals surface area (Å²) >= 11 is 0. The molecule has 2 unspecified atom stereocenters. The average molecular weight is 233 g/mol. The molecule has 1 aliphatic rings. The van der Waals surface area contributed by atoms with E-state index in [4.69, 9.17) is 0 Å². The van der Waals surface area contributed by atoms with Crippen LogP contribution in [0.1, 0.15) is 41.5 Å². The number of rotatable bonds is 0. The van der Waals surface area contributed by atoms with E-state index in [0.717, 1.165) is 0 Å². The van der Waals surface area contributed by atoms with Crippen molar-refractivity contribution in [1.29, 1.82) is 0 Å². The van der Waals surface area contributed by atoms with Gasteiger partial charge in [0.1, 0.15) is 0 Å². The molecule has 0 bridgehead atoms. The van der Waals surface area contributed by atoms with Crippen LogP contribution in [0, 0.1) is 16.7 Å². The van der Waals surface area contributed by atoms with Gasteiger partial charge in [0.2, 0.25) is 10.0 Å². The molecular weight excluding hydrogens is 210 g/mol. The molecule has 15 heavy (non-hydrogen) atoms. The molecule has 3 nitrogen and oxygen atoms in total. The van der Waals surface area contributed by atoms with Gasteiger partial charge < -0.3 is 0 Å². The first-order valence-electron chi connectivity index (χ1n) is 5.45. The number of sulfonamides is 1. The first-order valence-corrected chi connectivity index (χ1v) is 6.99. The Morgan fingerprint density at radius 1 is 1.00 bits per heavy atom. The predicted octanol–water partition coefficient (Wildman–Crippen LogP) is 2.00. The van der Waals surface area contributed by atoms with E-state index >= 15 is 0 Å². The Kier molecular flexibility index (Phi) is 2.99. The van der Waals surface area contributed by atoms with E-state index in [9.17, 15) is 8.42 Å². The molecule has 0 aromatic heterocycles. The van der Waals surface area contributed by atoms with Crippen LogP contribution in [-0.4, -0.2) is 20.2 Å². The SMILES string of the molecule is CC(C)(C)C1CNS(=O)(=O)C1C(C)(C)C. The second-order valence-electron chi connectivity index (χ2n) is 6.65. The number of hydrogen-bond acceptors (Lipinski definition) is 2. The first kappa shape index (κ1) is 13.0. The van der Waals surface area contributed by atoms with E-state index in [1.54, 1.807) is 0 Å². The summed E-state index contributed by atoms with van der Waals surface area (Å²) in [5.74, 6) is 0.183. The summed E-state index contributed by atoms with van der Waals surface area (Å²) in [5.41, 5.74) is -0.186. The van der Waals surface area contributed by atoms with Gasteiger partial charge in [0.05, 0.1) is 5.25 Å². The normalized spacial score (nSPS) is 31.9. The zero-order chi connectivity index (χ0) is 12.1. The lowest BCUT2D eigenvalue weighted by Gasteiger charge is -2.37. The lowest BCUT2D eigenvalue weighted by atomic mass is 9.72. The van der Waals surface area contributed by atoms with Crippen molar-refractivity contribution in [1.82, 2.24) is 4.72 Å². The van der Waals surface area contributed by atoms with Crippen molar-refractivity contribution in [2.24, 2.45) is 16.7 Å². The van der Waals surface area contributed by atoms with Gasteiger partial charge in [-0.15, -0.1) is 0 Å². The van der Waals surface area contributed by atoms with E-state index in [-0.39, 0.29) is 22.0 Å². The molecule has 0 saturated carbocycles. The highest BCUT2D eigenvalue weighted by atomic mass is 32.2. The molecule has 1 fully saturated rings. The molecule has 0 amide bonds. The lowest BCUT2D eigenvalue weighted by Crippen LogP contribution is -2.41. The fourth-order valence-corrected chi connectivity index (χ4v) is 4.91. The molecule has 1 saturated heterocycles. The van der Waals surface area contributed by atoms with Crippen molar-refractivity contribution in [3.63, 3.8) is 0 Å². The second kappa shape index (κ2) is 3.45. The second-order valence-corrected chi connectivity index (χ2v) is 8.54. The third kappa shape index (κ3) is 2.53. The first-order chi connectivity index (χ1) is 6.46. The highest BCUT2D eigenvalue weighted by Gasteiger charge is 2.50. The third-order valence-electron chi connectivity index (χ3n) is 3.17. The van der Waals surface area contributed by atoms with Gasteiger partial charge in [-0.2, -0.15) is 0 Å². The van der Waals surface area contributed by atoms with Crippen LogP contribution in [0.25, 0.3) is 0 Å². The van der Waals surface area contributed by atoms with Crippen molar-refractivity contribution < 1.29 is 8.42 Å². The molecule has 0 aliphatic carbocycles. The molecule has 2 atom stereocenters. The van der Waals surface area contributed by atoms with Crippen molar-refractivity contribution in [3.05, 3.63) is 0 Å². The van der Waals surface area contributed by atoms with Crippen molar-refractivity contribution >= 4 is 10.0 Å². The smallest absolute Gasteiger partial charge is 0.215 e. The van der Waals surface area contributed by atoms with Gasteiger partial charge in [-0.25, -0.2) is 13.1 Å².